The van der Waals surface area contributed by atoms with E-state index in [1.54, 1.807) is 4.90 Å². The molecule has 0 bridgehead atoms. The molecule has 1 aromatic rings. The predicted molar refractivity (Wildman–Crippen MR) is 104 cm³/mol. The maximum Gasteiger partial charge on any atom is 0.260 e. The van der Waals surface area contributed by atoms with Gasteiger partial charge in [-0.1, -0.05) is 81.4 Å². The lowest BCUT2D eigenvalue weighted by atomic mass is 9.66. The number of rotatable bonds is 0. The normalized spacial score (nSPS) is 16.0. The Labute approximate surface area is 149 Å². The molecule has 1 aromatic carbocycles. The summed E-state index contributed by atoms with van der Waals surface area (Å²) in [6.45, 7) is 20.7. The van der Waals surface area contributed by atoms with E-state index in [1.165, 1.54) is 0 Å². The molecule has 0 fully saturated rings. The van der Waals surface area contributed by atoms with E-state index in [0.29, 0.717) is 11.3 Å². The Kier molecular flexibility index (Phi) is 7.54. The van der Waals surface area contributed by atoms with Crippen LogP contribution in [-0.4, -0.2) is 23.6 Å². The van der Waals surface area contributed by atoms with Crippen LogP contribution in [0, 0.1) is 10.8 Å². The van der Waals surface area contributed by atoms with Crippen molar-refractivity contribution in [2.75, 3.05) is 7.05 Å². The fraction of sp³-hybridized carbons (Fsp3) is 0.667. The molecule has 0 saturated heterocycles. The van der Waals surface area contributed by atoms with Crippen LogP contribution in [0.4, 0.5) is 0 Å². The Morgan fingerprint density at radius 3 is 1.71 bits per heavy atom. The standard InChI is InChI=1S/C17H25NO2.2C2H6/c1-15(2,3)17(16(4,5)6)18(7)14(19)12-10-8-9-11-13(12)20-17;2*1-2/h8-11H,1-7H3;2*1-2H3. The predicted octanol–water partition coefficient (Wildman–Crippen LogP) is 5.99. The van der Waals surface area contributed by atoms with E-state index in [9.17, 15) is 4.79 Å². The summed E-state index contributed by atoms with van der Waals surface area (Å²) in [4.78, 5) is 14.5. The highest BCUT2D eigenvalue weighted by Gasteiger charge is 2.59. The molecular weight excluding hydrogens is 298 g/mol. The molecule has 0 aliphatic carbocycles. The molecule has 3 heteroatoms. The molecule has 1 aliphatic heterocycles. The zero-order valence-corrected chi connectivity index (χ0v) is 17.6. The van der Waals surface area contributed by atoms with Gasteiger partial charge in [0, 0.05) is 17.9 Å². The van der Waals surface area contributed by atoms with Gasteiger partial charge < -0.3 is 9.64 Å². The zero-order chi connectivity index (χ0) is 19.3. The minimum Gasteiger partial charge on any atom is -0.466 e. The summed E-state index contributed by atoms with van der Waals surface area (Å²) in [5.41, 5.74) is -0.489. The number of hydrogen-bond acceptors (Lipinski definition) is 2. The number of amides is 1. The van der Waals surface area contributed by atoms with Gasteiger partial charge >= 0.3 is 0 Å². The zero-order valence-electron chi connectivity index (χ0n) is 17.6. The summed E-state index contributed by atoms with van der Waals surface area (Å²) in [7, 11) is 1.84. The van der Waals surface area contributed by atoms with Crippen LogP contribution in [0.15, 0.2) is 24.3 Å². The van der Waals surface area contributed by atoms with Crippen molar-refractivity contribution in [2.24, 2.45) is 10.8 Å². The first-order valence-electron chi connectivity index (χ1n) is 9.08. The van der Waals surface area contributed by atoms with Gasteiger partial charge in [-0.25, -0.2) is 0 Å². The number of fused-ring (bicyclic) bond motifs is 1. The molecule has 1 aliphatic rings. The third-order valence-electron chi connectivity index (χ3n) is 4.19. The van der Waals surface area contributed by atoms with Crippen LogP contribution in [-0.2, 0) is 0 Å². The maximum atomic E-state index is 12.8. The van der Waals surface area contributed by atoms with Crippen molar-refractivity contribution in [1.82, 2.24) is 4.90 Å². The third kappa shape index (κ3) is 3.60. The smallest absolute Gasteiger partial charge is 0.260 e. The lowest BCUT2D eigenvalue weighted by molar-refractivity contribution is -0.200. The average molecular weight is 336 g/mol. The first kappa shape index (κ1) is 22.5. The molecule has 24 heavy (non-hydrogen) atoms. The summed E-state index contributed by atoms with van der Waals surface area (Å²) >= 11 is 0. The second-order valence-electron chi connectivity index (χ2n) is 7.61. The summed E-state index contributed by atoms with van der Waals surface area (Å²) in [6, 6.07) is 7.48. The molecule has 2 rings (SSSR count). The van der Waals surface area contributed by atoms with Gasteiger partial charge in [-0.3, -0.25) is 4.79 Å². The van der Waals surface area contributed by atoms with Crippen molar-refractivity contribution in [3.05, 3.63) is 29.8 Å². The Morgan fingerprint density at radius 2 is 1.29 bits per heavy atom. The number of hydrogen-bond donors (Lipinski definition) is 0. The Balaban J connectivity index is 0.00000123. The van der Waals surface area contributed by atoms with Gasteiger partial charge in [-0.15, -0.1) is 0 Å². The minimum atomic E-state index is -0.689. The molecule has 0 unspecified atom stereocenters. The van der Waals surface area contributed by atoms with Crippen LogP contribution in [0.5, 0.6) is 5.75 Å². The van der Waals surface area contributed by atoms with E-state index in [0.717, 1.165) is 0 Å². The number of benzene rings is 1. The fourth-order valence-electron chi connectivity index (χ4n) is 3.72. The molecule has 1 heterocycles. The van der Waals surface area contributed by atoms with E-state index in [2.05, 4.69) is 41.5 Å². The Morgan fingerprint density at radius 1 is 0.875 bits per heavy atom. The molecule has 0 saturated carbocycles. The largest absolute Gasteiger partial charge is 0.466 e. The van der Waals surface area contributed by atoms with Crippen LogP contribution in [0.3, 0.4) is 0 Å². The van der Waals surface area contributed by atoms with E-state index in [-0.39, 0.29) is 16.7 Å². The topological polar surface area (TPSA) is 29.5 Å². The second-order valence-corrected chi connectivity index (χ2v) is 7.61. The Bertz CT molecular complexity index is 522. The van der Waals surface area contributed by atoms with Gasteiger partial charge in [-0.05, 0) is 12.1 Å². The average Bonchev–Trinajstić information content (AvgIpc) is 2.52. The van der Waals surface area contributed by atoms with Crippen LogP contribution >= 0.6 is 0 Å². The van der Waals surface area contributed by atoms with Crippen molar-refractivity contribution >= 4 is 5.91 Å². The third-order valence-corrected chi connectivity index (χ3v) is 4.19. The molecular formula is C21H37NO2. The molecule has 1 amide bonds. The quantitative estimate of drug-likeness (QED) is 0.582. The second kappa shape index (κ2) is 8.04. The van der Waals surface area contributed by atoms with Gasteiger partial charge in [0.25, 0.3) is 5.91 Å². The van der Waals surface area contributed by atoms with E-state index < -0.39 is 5.72 Å². The summed E-state index contributed by atoms with van der Waals surface area (Å²) in [6.07, 6.45) is 0. The van der Waals surface area contributed by atoms with E-state index >= 15 is 0 Å². The summed E-state index contributed by atoms with van der Waals surface area (Å²) in [5.74, 6) is 0.706. The molecule has 0 atom stereocenters. The minimum absolute atomic E-state index is 0.0247. The number of carbonyl (C=O) groups excluding carboxylic acids is 1. The monoisotopic (exact) mass is 335 g/mol. The molecule has 3 nitrogen and oxygen atoms in total. The molecule has 0 N–H and O–H groups in total. The van der Waals surface area contributed by atoms with Gasteiger partial charge in [0.2, 0.25) is 0 Å². The van der Waals surface area contributed by atoms with Crippen molar-refractivity contribution in [3.63, 3.8) is 0 Å². The molecule has 138 valence electrons. The fourth-order valence-corrected chi connectivity index (χ4v) is 3.72. The highest BCUT2D eigenvalue weighted by molar-refractivity contribution is 5.98. The van der Waals surface area contributed by atoms with Crippen LogP contribution in [0.25, 0.3) is 0 Å². The van der Waals surface area contributed by atoms with Crippen LogP contribution < -0.4 is 4.74 Å². The summed E-state index contributed by atoms with van der Waals surface area (Å²) in [5, 5.41) is 0. The van der Waals surface area contributed by atoms with Gasteiger partial charge in [0.1, 0.15) is 5.75 Å². The highest BCUT2D eigenvalue weighted by atomic mass is 16.5. The van der Waals surface area contributed by atoms with Gasteiger partial charge in [0.05, 0.1) is 5.56 Å². The first-order chi connectivity index (χ1) is 11.0. The lowest BCUT2D eigenvalue weighted by Gasteiger charge is -2.58. The van der Waals surface area contributed by atoms with Crippen molar-refractivity contribution in [2.45, 2.75) is 75.0 Å². The number of para-hydroxylation sites is 1. The summed E-state index contributed by atoms with van der Waals surface area (Å²) < 4.78 is 6.44. The number of carbonyl (C=O) groups is 1. The van der Waals surface area contributed by atoms with Crippen molar-refractivity contribution < 1.29 is 9.53 Å². The van der Waals surface area contributed by atoms with Crippen molar-refractivity contribution in [3.8, 4) is 5.75 Å². The first-order valence-corrected chi connectivity index (χ1v) is 9.08. The van der Waals surface area contributed by atoms with Crippen LogP contribution in [0.1, 0.15) is 79.6 Å². The number of ether oxygens (including phenoxy) is 1. The SMILES string of the molecule is CC.CC.CN1C(=O)c2ccccc2OC1(C(C)(C)C)C(C)(C)C. The van der Waals surface area contributed by atoms with E-state index in [1.807, 2.05) is 59.0 Å². The number of nitrogens with zero attached hydrogens (tertiary/aromatic N) is 1. The van der Waals surface area contributed by atoms with Crippen molar-refractivity contribution in [1.29, 1.82) is 0 Å². The maximum absolute atomic E-state index is 12.8. The lowest BCUT2D eigenvalue weighted by Crippen LogP contribution is -2.70. The van der Waals surface area contributed by atoms with Crippen LogP contribution in [0.2, 0.25) is 0 Å². The van der Waals surface area contributed by atoms with Gasteiger partial charge in [-0.2, -0.15) is 0 Å². The molecule has 0 spiro atoms. The van der Waals surface area contributed by atoms with E-state index in [4.69, 9.17) is 4.74 Å². The van der Waals surface area contributed by atoms with Gasteiger partial charge in [0.15, 0.2) is 5.72 Å². The molecule has 0 radical (unpaired) electrons. The Hall–Kier alpha value is -1.51. The molecule has 0 aromatic heterocycles. The highest BCUT2D eigenvalue weighted by Crippen LogP contribution is 2.51.